The van der Waals surface area contributed by atoms with Crippen LogP contribution >= 0.6 is 22.9 Å². The zero-order valence-electron chi connectivity index (χ0n) is 13.8. The molecule has 130 valence electrons. The van der Waals surface area contributed by atoms with Crippen LogP contribution in [0.5, 0.6) is 0 Å². The number of nitrogens with one attached hydrogen (secondary N) is 1. The van der Waals surface area contributed by atoms with E-state index in [9.17, 15) is 4.79 Å². The molecule has 0 spiro atoms. The number of aryl methyl sites for hydroxylation is 1. The molecule has 0 radical (unpaired) electrons. The molecule has 1 aliphatic heterocycles. The van der Waals surface area contributed by atoms with Crippen molar-refractivity contribution < 1.29 is 0 Å². The molecule has 2 aromatic heterocycles. The number of hydrogen-bond donors (Lipinski definition) is 1. The molecule has 6 nitrogen and oxygen atoms in total. The van der Waals surface area contributed by atoms with Gasteiger partial charge in [-0.25, -0.2) is 4.98 Å². The molecule has 0 amide bonds. The quantitative estimate of drug-likeness (QED) is 0.759. The number of halogens is 1. The second-order valence-electron chi connectivity index (χ2n) is 6.30. The lowest BCUT2D eigenvalue weighted by Crippen LogP contribution is -2.23. The van der Waals surface area contributed by atoms with Gasteiger partial charge in [0, 0.05) is 42.6 Å². The predicted octanol–water partition coefficient (Wildman–Crippen LogP) is 3.05. The van der Waals surface area contributed by atoms with Crippen LogP contribution in [0.1, 0.15) is 12.0 Å². The molecule has 0 saturated carbocycles. The van der Waals surface area contributed by atoms with Crippen molar-refractivity contribution in [3.63, 3.8) is 0 Å². The molecule has 1 N–H and O–H groups in total. The van der Waals surface area contributed by atoms with Crippen molar-refractivity contribution in [2.75, 3.05) is 29.9 Å². The number of fused-ring (bicyclic) bond motifs is 1. The number of anilines is 2. The summed E-state index contributed by atoms with van der Waals surface area (Å²) < 4.78 is 1.34. The number of benzene rings is 1. The zero-order chi connectivity index (χ0) is 17.4. The smallest absolute Gasteiger partial charge is 0.275 e. The second-order valence-corrected chi connectivity index (χ2v) is 7.69. The minimum absolute atomic E-state index is 0.155. The van der Waals surface area contributed by atoms with E-state index in [4.69, 9.17) is 11.6 Å². The van der Waals surface area contributed by atoms with Crippen LogP contribution in [0.4, 0.5) is 10.8 Å². The highest BCUT2D eigenvalue weighted by atomic mass is 35.5. The van der Waals surface area contributed by atoms with Gasteiger partial charge in [-0.2, -0.15) is 4.52 Å². The highest BCUT2D eigenvalue weighted by Gasteiger charge is 2.24. The Bertz CT molecular complexity index is 969. The topological polar surface area (TPSA) is 62.5 Å². The van der Waals surface area contributed by atoms with Crippen molar-refractivity contribution in [2.24, 2.45) is 5.92 Å². The Labute approximate surface area is 154 Å². The summed E-state index contributed by atoms with van der Waals surface area (Å²) >= 11 is 7.54. The van der Waals surface area contributed by atoms with Crippen molar-refractivity contribution in [2.45, 2.75) is 13.3 Å². The lowest BCUT2D eigenvalue weighted by atomic mass is 10.1. The van der Waals surface area contributed by atoms with Gasteiger partial charge in [-0.1, -0.05) is 29.0 Å². The fraction of sp³-hybridized carbons (Fsp3) is 0.353. The Hall–Kier alpha value is -2.12. The molecule has 3 aromatic rings. The van der Waals surface area contributed by atoms with Gasteiger partial charge < -0.3 is 10.2 Å². The van der Waals surface area contributed by atoms with Gasteiger partial charge in [-0.05, 0) is 37.0 Å². The van der Waals surface area contributed by atoms with Crippen LogP contribution in [0.15, 0.2) is 35.3 Å². The molecule has 25 heavy (non-hydrogen) atoms. The van der Waals surface area contributed by atoms with Crippen LogP contribution in [-0.2, 0) is 0 Å². The predicted molar refractivity (Wildman–Crippen MR) is 102 cm³/mol. The van der Waals surface area contributed by atoms with E-state index < -0.39 is 0 Å². The Kier molecular flexibility index (Phi) is 4.35. The van der Waals surface area contributed by atoms with Crippen molar-refractivity contribution in [1.82, 2.24) is 14.6 Å². The largest absolute Gasteiger partial charge is 0.371 e. The monoisotopic (exact) mass is 375 g/mol. The maximum absolute atomic E-state index is 11.7. The standard InChI is InChI=1S/C17H18ClN5OS/c1-11-2-3-13(18)8-14(11)22-7-5-12(10-22)9-20-16-21-23-15(24)4-6-19-17(23)25-16/h2-4,6,8,12H,5,7,9-10H2,1H3,(H,20,21). The van der Waals surface area contributed by atoms with E-state index >= 15 is 0 Å². The molecule has 1 saturated heterocycles. The maximum Gasteiger partial charge on any atom is 0.275 e. The summed E-state index contributed by atoms with van der Waals surface area (Å²) in [4.78, 5) is 18.9. The average Bonchev–Trinajstić information content (AvgIpc) is 3.22. The van der Waals surface area contributed by atoms with Crippen LogP contribution in [0.3, 0.4) is 0 Å². The third-order valence-corrected chi connectivity index (χ3v) is 5.63. The van der Waals surface area contributed by atoms with E-state index in [1.54, 1.807) is 0 Å². The Morgan fingerprint density at radius 3 is 3.12 bits per heavy atom. The van der Waals surface area contributed by atoms with Crippen molar-refractivity contribution in [3.05, 3.63) is 51.4 Å². The van der Waals surface area contributed by atoms with E-state index in [2.05, 4.69) is 33.3 Å². The summed E-state index contributed by atoms with van der Waals surface area (Å²) in [7, 11) is 0. The number of nitrogens with zero attached hydrogens (tertiary/aromatic N) is 4. The Balaban J connectivity index is 1.41. The summed E-state index contributed by atoms with van der Waals surface area (Å²) in [6, 6.07) is 7.45. The first-order valence-corrected chi connectivity index (χ1v) is 9.39. The number of rotatable bonds is 4. The molecule has 0 aliphatic carbocycles. The van der Waals surface area contributed by atoms with Gasteiger partial charge in [0.05, 0.1) is 0 Å². The van der Waals surface area contributed by atoms with Gasteiger partial charge in [0.2, 0.25) is 10.1 Å². The van der Waals surface area contributed by atoms with Crippen LogP contribution in [-0.4, -0.2) is 34.2 Å². The molecule has 8 heteroatoms. The van der Waals surface area contributed by atoms with Gasteiger partial charge in [0.15, 0.2) is 0 Å². The van der Waals surface area contributed by atoms with Crippen LogP contribution < -0.4 is 15.8 Å². The Morgan fingerprint density at radius 1 is 1.40 bits per heavy atom. The third-order valence-electron chi connectivity index (χ3n) is 4.51. The summed E-state index contributed by atoms with van der Waals surface area (Å²) in [5.74, 6) is 0.523. The number of hydrogen-bond acceptors (Lipinski definition) is 6. The van der Waals surface area contributed by atoms with Gasteiger partial charge in [0.25, 0.3) is 5.56 Å². The first-order chi connectivity index (χ1) is 12.1. The molecule has 1 unspecified atom stereocenters. The molecular weight excluding hydrogens is 358 g/mol. The van der Waals surface area contributed by atoms with Crippen molar-refractivity contribution >= 4 is 38.7 Å². The van der Waals surface area contributed by atoms with Crippen LogP contribution in [0.2, 0.25) is 5.02 Å². The zero-order valence-corrected chi connectivity index (χ0v) is 15.3. The van der Waals surface area contributed by atoms with Gasteiger partial charge in [0.1, 0.15) is 0 Å². The maximum atomic E-state index is 11.7. The van der Waals surface area contributed by atoms with Gasteiger partial charge in [-0.15, -0.1) is 5.10 Å². The van der Waals surface area contributed by atoms with E-state index in [0.717, 1.165) is 36.2 Å². The van der Waals surface area contributed by atoms with Crippen LogP contribution in [0, 0.1) is 12.8 Å². The fourth-order valence-corrected chi connectivity index (χ4v) is 4.14. The molecule has 3 heterocycles. The highest BCUT2D eigenvalue weighted by molar-refractivity contribution is 7.20. The lowest BCUT2D eigenvalue weighted by Gasteiger charge is -2.21. The van der Waals surface area contributed by atoms with Crippen LogP contribution in [0.25, 0.3) is 4.96 Å². The molecule has 1 fully saturated rings. The average molecular weight is 376 g/mol. The number of aromatic nitrogens is 3. The van der Waals surface area contributed by atoms with Crippen molar-refractivity contribution in [1.29, 1.82) is 0 Å². The van der Waals surface area contributed by atoms with E-state index in [0.29, 0.717) is 10.9 Å². The van der Waals surface area contributed by atoms with E-state index in [-0.39, 0.29) is 5.56 Å². The molecule has 1 aromatic carbocycles. The molecule has 4 rings (SSSR count). The molecular formula is C17H18ClN5OS. The second kappa shape index (κ2) is 6.65. The molecule has 1 aliphatic rings. The summed E-state index contributed by atoms with van der Waals surface area (Å²) in [6.07, 6.45) is 2.63. The van der Waals surface area contributed by atoms with Gasteiger partial charge in [-0.3, -0.25) is 4.79 Å². The molecule has 1 atom stereocenters. The van der Waals surface area contributed by atoms with Crippen molar-refractivity contribution in [3.8, 4) is 0 Å². The van der Waals surface area contributed by atoms with Gasteiger partial charge >= 0.3 is 0 Å². The fourth-order valence-electron chi connectivity index (χ4n) is 3.19. The first-order valence-electron chi connectivity index (χ1n) is 8.20. The van der Waals surface area contributed by atoms with E-state index in [1.165, 1.54) is 39.4 Å². The minimum Gasteiger partial charge on any atom is -0.371 e. The highest BCUT2D eigenvalue weighted by Crippen LogP contribution is 2.29. The van der Waals surface area contributed by atoms with E-state index in [1.807, 2.05) is 12.1 Å². The Morgan fingerprint density at radius 2 is 2.28 bits per heavy atom. The minimum atomic E-state index is -0.155. The SMILES string of the molecule is Cc1ccc(Cl)cc1N1CCC(CNc2nn3c(=O)ccnc3s2)C1. The lowest BCUT2D eigenvalue weighted by molar-refractivity contribution is 0.621. The summed E-state index contributed by atoms with van der Waals surface area (Å²) in [6.45, 7) is 4.94. The molecule has 0 bridgehead atoms. The third kappa shape index (κ3) is 3.34. The summed E-state index contributed by atoms with van der Waals surface area (Å²) in [5, 5.41) is 9.15. The normalized spacial score (nSPS) is 17.4. The first kappa shape index (κ1) is 16.4. The summed E-state index contributed by atoms with van der Waals surface area (Å²) in [5.41, 5.74) is 2.30.